The van der Waals surface area contributed by atoms with E-state index in [-0.39, 0.29) is 0 Å². The molecule has 1 aromatic carbocycles. The lowest BCUT2D eigenvalue weighted by atomic mass is 10.2. The maximum atomic E-state index is 11.8. The predicted molar refractivity (Wildman–Crippen MR) is 110 cm³/mol. The quantitative estimate of drug-likeness (QED) is 0.487. The van der Waals surface area contributed by atoms with E-state index in [4.69, 9.17) is 28.6 Å². The minimum atomic E-state index is -0.449. The second-order valence-corrected chi connectivity index (χ2v) is 7.34. The number of carbonyl (C=O) groups is 1. The van der Waals surface area contributed by atoms with Gasteiger partial charge in [-0.3, -0.25) is 0 Å². The van der Waals surface area contributed by atoms with Crippen molar-refractivity contribution in [2.75, 3.05) is 17.7 Å². The Labute approximate surface area is 164 Å². The van der Waals surface area contributed by atoms with E-state index in [1.165, 1.54) is 18.4 Å². The molecule has 0 saturated heterocycles. The molecule has 2 aromatic heterocycles. The molecule has 0 atom stereocenters. The van der Waals surface area contributed by atoms with Crippen molar-refractivity contribution >= 4 is 68.0 Å². The summed E-state index contributed by atoms with van der Waals surface area (Å²) in [5, 5.41) is 7.60. The first kappa shape index (κ1) is 18.5. The van der Waals surface area contributed by atoms with Crippen molar-refractivity contribution in [3.05, 3.63) is 45.6 Å². The van der Waals surface area contributed by atoms with Crippen LogP contribution < -0.4 is 10.6 Å². The molecule has 0 fully saturated rings. The SMILES string of the molecule is COC(=O)c1sc2cc(NC(=S)Nc3nc(C)cc(C)n3)ccc2c1Cl. The van der Waals surface area contributed by atoms with Gasteiger partial charge in [0.1, 0.15) is 4.88 Å². The largest absolute Gasteiger partial charge is 0.465 e. The van der Waals surface area contributed by atoms with E-state index >= 15 is 0 Å². The number of esters is 1. The number of hydrogen-bond donors (Lipinski definition) is 2. The predicted octanol–water partition coefficient (Wildman–Crippen LogP) is 4.56. The zero-order valence-electron chi connectivity index (χ0n) is 14.2. The van der Waals surface area contributed by atoms with Gasteiger partial charge in [-0.05, 0) is 50.3 Å². The minimum absolute atomic E-state index is 0.366. The Hall–Kier alpha value is -2.29. The summed E-state index contributed by atoms with van der Waals surface area (Å²) in [6.07, 6.45) is 0. The Morgan fingerprint density at radius 2 is 1.88 bits per heavy atom. The van der Waals surface area contributed by atoms with Gasteiger partial charge in [-0.15, -0.1) is 11.3 Å². The molecule has 6 nitrogen and oxygen atoms in total. The summed E-state index contributed by atoms with van der Waals surface area (Å²) in [5.41, 5.74) is 2.47. The molecular formula is C17H15ClN4O2S2. The summed E-state index contributed by atoms with van der Waals surface area (Å²) in [5.74, 6) is -0.0110. The van der Waals surface area contributed by atoms with Gasteiger partial charge in [-0.25, -0.2) is 14.8 Å². The van der Waals surface area contributed by atoms with Gasteiger partial charge in [0.25, 0.3) is 0 Å². The molecule has 0 aliphatic carbocycles. The van der Waals surface area contributed by atoms with Crippen LogP contribution in [0.15, 0.2) is 24.3 Å². The molecule has 26 heavy (non-hydrogen) atoms. The molecule has 9 heteroatoms. The molecule has 134 valence electrons. The van der Waals surface area contributed by atoms with E-state index in [2.05, 4.69) is 20.6 Å². The van der Waals surface area contributed by atoms with E-state index in [0.29, 0.717) is 21.0 Å². The number of anilines is 2. The van der Waals surface area contributed by atoms with Crippen molar-refractivity contribution in [2.24, 2.45) is 0 Å². The number of aryl methyl sites for hydroxylation is 2. The highest BCUT2D eigenvalue weighted by atomic mass is 35.5. The molecule has 2 N–H and O–H groups in total. The van der Waals surface area contributed by atoms with Gasteiger partial charge >= 0.3 is 5.97 Å². The van der Waals surface area contributed by atoms with Gasteiger partial charge in [0.05, 0.1) is 12.1 Å². The Bertz CT molecular complexity index is 999. The molecule has 3 rings (SSSR count). The lowest BCUT2D eigenvalue weighted by molar-refractivity contribution is 0.0606. The van der Waals surface area contributed by atoms with Gasteiger partial charge in [0.15, 0.2) is 5.11 Å². The standard InChI is InChI=1S/C17H15ClN4O2S2/c1-8-6-9(2)20-16(19-8)22-17(25)21-10-4-5-11-12(7-10)26-14(13(11)18)15(23)24-3/h4-7H,1-3H3,(H2,19,20,21,22,25). The summed E-state index contributed by atoms with van der Waals surface area (Å²) >= 11 is 12.9. The minimum Gasteiger partial charge on any atom is -0.465 e. The highest BCUT2D eigenvalue weighted by Gasteiger charge is 2.17. The summed E-state index contributed by atoms with van der Waals surface area (Å²) in [7, 11) is 1.33. The van der Waals surface area contributed by atoms with Crippen LogP contribution in [0.3, 0.4) is 0 Å². The van der Waals surface area contributed by atoms with Gasteiger partial charge < -0.3 is 15.4 Å². The van der Waals surface area contributed by atoms with Crippen molar-refractivity contribution < 1.29 is 9.53 Å². The number of nitrogens with one attached hydrogen (secondary N) is 2. The van der Waals surface area contributed by atoms with Crippen LogP contribution in [0.4, 0.5) is 11.6 Å². The molecule has 0 bridgehead atoms. The topological polar surface area (TPSA) is 76.1 Å². The summed E-state index contributed by atoms with van der Waals surface area (Å²) in [4.78, 5) is 20.7. The van der Waals surface area contributed by atoms with E-state index in [1.807, 2.05) is 38.1 Å². The van der Waals surface area contributed by atoms with E-state index < -0.39 is 5.97 Å². The van der Waals surface area contributed by atoms with Gasteiger partial charge in [0.2, 0.25) is 5.95 Å². The highest BCUT2D eigenvalue weighted by Crippen LogP contribution is 2.37. The van der Waals surface area contributed by atoms with Crippen LogP contribution in [0.2, 0.25) is 5.02 Å². The maximum Gasteiger partial charge on any atom is 0.349 e. The maximum absolute atomic E-state index is 11.8. The normalized spacial score (nSPS) is 10.6. The van der Waals surface area contributed by atoms with Crippen molar-refractivity contribution in [1.82, 2.24) is 9.97 Å². The van der Waals surface area contributed by atoms with Crippen LogP contribution in [0, 0.1) is 13.8 Å². The molecule has 0 amide bonds. The number of halogens is 1. The number of methoxy groups -OCH3 is 1. The molecule has 0 saturated carbocycles. The molecule has 3 aromatic rings. The lowest BCUT2D eigenvalue weighted by Crippen LogP contribution is -2.20. The summed E-state index contributed by atoms with van der Waals surface area (Å²) < 4.78 is 5.61. The third kappa shape index (κ3) is 3.92. The van der Waals surface area contributed by atoms with E-state index in [9.17, 15) is 4.79 Å². The second kappa shape index (κ2) is 7.53. The Balaban J connectivity index is 1.80. The van der Waals surface area contributed by atoms with Crippen LogP contribution in [-0.2, 0) is 4.74 Å². The molecule has 0 aliphatic heterocycles. The van der Waals surface area contributed by atoms with Crippen molar-refractivity contribution in [1.29, 1.82) is 0 Å². The average molecular weight is 407 g/mol. The molecule has 0 spiro atoms. The zero-order valence-corrected chi connectivity index (χ0v) is 16.6. The summed E-state index contributed by atoms with van der Waals surface area (Å²) in [6.45, 7) is 3.79. The molecule has 0 unspecified atom stereocenters. The number of rotatable bonds is 3. The van der Waals surface area contributed by atoms with Crippen LogP contribution in [0.1, 0.15) is 21.1 Å². The number of benzene rings is 1. The van der Waals surface area contributed by atoms with Crippen LogP contribution in [-0.4, -0.2) is 28.2 Å². The van der Waals surface area contributed by atoms with E-state index in [0.717, 1.165) is 27.2 Å². The fraction of sp³-hybridized carbons (Fsp3) is 0.176. The van der Waals surface area contributed by atoms with Crippen molar-refractivity contribution in [2.45, 2.75) is 13.8 Å². The Kier molecular flexibility index (Phi) is 5.36. The first-order chi connectivity index (χ1) is 12.4. The monoisotopic (exact) mass is 406 g/mol. The highest BCUT2D eigenvalue weighted by molar-refractivity contribution is 7.80. The molecule has 0 radical (unpaired) electrons. The van der Waals surface area contributed by atoms with E-state index in [1.54, 1.807) is 0 Å². The number of nitrogens with zero attached hydrogens (tertiary/aromatic N) is 2. The first-order valence-corrected chi connectivity index (χ1v) is 9.18. The lowest BCUT2D eigenvalue weighted by Gasteiger charge is -2.10. The Morgan fingerprint density at radius 1 is 1.19 bits per heavy atom. The zero-order chi connectivity index (χ0) is 18.8. The van der Waals surface area contributed by atoms with Crippen LogP contribution in [0.5, 0.6) is 0 Å². The fourth-order valence-electron chi connectivity index (χ4n) is 2.41. The van der Waals surface area contributed by atoms with Crippen LogP contribution in [0.25, 0.3) is 10.1 Å². The van der Waals surface area contributed by atoms with Crippen molar-refractivity contribution in [3.8, 4) is 0 Å². The van der Waals surface area contributed by atoms with Crippen LogP contribution >= 0.6 is 35.2 Å². The third-order valence-corrected chi connectivity index (χ3v) is 5.31. The number of ether oxygens (including phenoxy) is 1. The first-order valence-electron chi connectivity index (χ1n) is 7.58. The molecule has 0 aliphatic rings. The number of thiocarbonyl (C=S) groups is 1. The number of carbonyl (C=O) groups excluding carboxylic acids is 1. The van der Waals surface area contributed by atoms with Gasteiger partial charge in [-0.2, -0.15) is 0 Å². The number of thiophene rings is 1. The number of fused-ring (bicyclic) bond motifs is 1. The third-order valence-electron chi connectivity index (χ3n) is 3.47. The molecular weight excluding hydrogens is 392 g/mol. The van der Waals surface area contributed by atoms with Gasteiger partial charge in [-0.1, -0.05) is 11.6 Å². The molecule has 2 heterocycles. The Morgan fingerprint density at radius 3 is 2.54 bits per heavy atom. The number of hydrogen-bond acceptors (Lipinski definition) is 6. The summed E-state index contributed by atoms with van der Waals surface area (Å²) in [6, 6.07) is 7.42. The number of aromatic nitrogens is 2. The van der Waals surface area contributed by atoms with Crippen molar-refractivity contribution in [3.63, 3.8) is 0 Å². The fourth-order valence-corrected chi connectivity index (χ4v) is 4.09. The second-order valence-electron chi connectivity index (χ2n) is 5.50. The van der Waals surface area contributed by atoms with Gasteiger partial charge in [0, 0.05) is 27.2 Å². The average Bonchev–Trinajstić information content (AvgIpc) is 2.89. The smallest absolute Gasteiger partial charge is 0.349 e.